The summed E-state index contributed by atoms with van der Waals surface area (Å²) in [5.74, 6) is -2.62. The van der Waals surface area contributed by atoms with Gasteiger partial charge >= 0.3 is 10.8 Å². The zero-order chi connectivity index (χ0) is 29.8. The fourth-order valence-corrected chi connectivity index (χ4v) is 5.86. The molecule has 1 aliphatic rings. The third-order valence-electron chi connectivity index (χ3n) is 7.26. The highest BCUT2D eigenvalue weighted by Gasteiger charge is 2.32. The number of carboxylic acids is 1. The summed E-state index contributed by atoms with van der Waals surface area (Å²) < 4.78 is 43.6. The number of fused-ring (bicyclic) bond motifs is 3. The van der Waals surface area contributed by atoms with Crippen LogP contribution >= 0.6 is 11.3 Å². The number of ether oxygens (including phenoxy) is 1. The van der Waals surface area contributed by atoms with Gasteiger partial charge < -0.3 is 24.9 Å². The van der Waals surface area contributed by atoms with E-state index < -0.39 is 23.2 Å². The van der Waals surface area contributed by atoms with Crippen molar-refractivity contribution < 1.29 is 27.8 Å². The van der Waals surface area contributed by atoms with Crippen molar-refractivity contribution in [2.75, 3.05) is 43.4 Å². The maximum atomic E-state index is 14.7. The number of benzene rings is 1. The summed E-state index contributed by atoms with van der Waals surface area (Å²) in [6.45, 7) is 5.46. The molecule has 6 rings (SSSR count). The van der Waals surface area contributed by atoms with Crippen LogP contribution in [-0.2, 0) is 11.3 Å². The van der Waals surface area contributed by atoms with Gasteiger partial charge in [-0.1, -0.05) is 11.3 Å². The molecule has 0 bridgehead atoms. The van der Waals surface area contributed by atoms with Gasteiger partial charge in [-0.15, -0.1) is 0 Å². The number of thiazole rings is 1. The van der Waals surface area contributed by atoms with Crippen molar-refractivity contribution in [1.82, 2.24) is 24.1 Å². The molecule has 1 aliphatic heterocycles. The Balaban J connectivity index is 1.16. The maximum Gasteiger partial charge on any atom is 0.347 e. The summed E-state index contributed by atoms with van der Waals surface area (Å²) in [6.07, 6.45) is 1.55. The van der Waals surface area contributed by atoms with Crippen LogP contribution in [0.1, 0.15) is 13.8 Å². The highest BCUT2D eigenvalue weighted by molar-refractivity contribution is 7.17. The van der Waals surface area contributed by atoms with Gasteiger partial charge in [0.1, 0.15) is 16.2 Å². The van der Waals surface area contributed by atoms with Crippen LogP contribution < -0.4 is 20.2 Å². The third-order valence-corrected chi connectivity index (χ3v) is 8.25. The summed E-state index contributed by atoms with van der Waals surface area (Å²) in [6, 6.07) is 7.26. The quantitative estimate of drug-likeness (QED) is 0.273. The van der Waals surface area contributed by atoms with E-state index in [1.54, 1.807) is 27.9 Å². The Morgan fingerprint density at radius 2 is 1.93 bits per heavy atom. The molecule has 12 nitrogen and oxygen atoms in total. The lowest BCUT2D eigenvalue weighted by Crippen LogP contribution is -2.47. The molecule has 15 heteroatoms. The zero-order valence-corrected chi connectivity index (χ0v) is 23.5. The lowest BCUT2D eigenvalue weighted by atomic mass is 10.1. The number of aromatic nitrogens is 4. The predicted octanol–water partition coefficient (Wildman–Crippen LogP) is 3.29. The van der Waals surface area contributed by atoms with Crippen molar-refractivity contribution >= 4 is 44.8 Å². The van der Waals surface area contributed by atoms with E-state index >= 15 is 0 Å². The molecule has 5 aromatic rings. The minimum atomic E-state index is -1.69. The number of nitrogens with two attached hydrogens (primary N) is 1. The number of nitrogens with zero attached hydrogens (tertiary/aromatic N) is 6. The average molecular weight is 600 g/mol. The van der Waals surface area contributed by atoms with Gasteiger partial charge in [-0.25, -0.2) is 13.6 Å². The molecule has 0 amide bonds. The summed E-state index contributed by atoms with van der Waals surface area (Å²) in [5, 5.41) is 13.8. The van der Waals surface area contributed by atoms with Gasteiger partial charge in [0.2, 0.25) is 5.95 Å². The van der Waals surface area contributed by atoms with Crippen LogP contribution in [-0.4, -0.2) is 73.5 Å². The number of anilines is 2. The lowest BCUT2D eigenvalue weighted by molar-refractivity contribution is -0.152. The van der Waals surface area contributed by atoms with E-state index in [2.05, 4.69) is 15.0 Å². The molecule has 1 fully saturated rings. The molecule has 0 saturated carbocycles. The first-order valence-corrected chi connectivity index (χ1v) is 13.9. The molecule has 0 aliphatic carbocycles. The number of hydrogen-bond donors (Lipinski definition) is 2. The molecule has 0 unspecified atom stereocenters. The van der Waals surface area contributed by atoms with Gasteiger partial charge in [0, 0.05) is 51.4 Å². The van der Waals surface area contributed by atoms with Crippen molar-refractivity contribution in [3.05, 3.63) is 57.9 Å². The second-order valence-corrected chi connectivity index (χ2v) is 11.4. The summed E-state index contributed by atoms with van der Waals surface area (Å²) in [4.78, 5) is 32.6. The number of rotatable bonds is 8. The molecule has 1 saturated heterocycles. The molecular weight excluding hydrogens is 572 g/mol. The minimum absolute atomic E-state index is 0.130. The molecule has 220 valence electrons. The van der Waals surface area contributed by atoms with Gasteiger partial charge in [-0.05, 0) is 32.0 Å². The highest BCUT2D eigenvalue weighted by Crippen LogP contribution is 2.32. The fourth-order valence-electron chi connectivity index (χ4n) is 4.90. The van der Waals surface area contributed by atoms with Crippen LogP contribution in [0.2, 0.25) is 0 Å². The van der Waals surface area contributed by atoms with Crippen molar-refractivity contribution in [1.29, 1.82) is 0 Å². The number of aliphatic carboxylic acids is 1. The number of halogens is 2. The van der Waals surface area contributed by atoms with Crippen LogP contribution in [0, 0.1) is 11.6 Å². The van der Waals surface area contributed by atoms with Crippen molar-refractivity contribution in [3.8, 4) is 17.2 Å². The monoisotopic (exact) mass is 599 g/mol. The molecule has 4 aromatic heterocycles. The Labute approximate surface area is 241 Å². The number of carbonyl (C=O) groups is 1. The van der Waals surface area contributed by atoms with E-state index in [9.17, 15) is 23.5 Å². The average Bonchev–Trinajstić information content (AvgIpc) is 3.69. The zero-order valence-electron chi connectivity index (χ0n) is 22.7. The van der Waals surface area contributed by atoms with Gasteiger partial charge in [0.15, 0.2) is 28.6 Å². The van der Waals surface area contributed by atoms with Gasteiger partial charge in [-0.2, -0.15) is 14.6 Å². The molecular formula is C27H27F2N7O5S. The number of carboxylic acid groups (broad SMARTS) is 1. The van der Waals surface area contributed by atoms with Crippen molar-refractivity contribution in [3.63, 3.8) is 0 Å². The van der Waals surface area contributed by atoms with Crippen LogP contribution in [0.4, 0.5) is 20.4 Å². The molecule has 0 atom stereocenters. The van der Waals surface area contributed by atoms with E-state index in [1.807, 2.05) is 6.07 Å². The Morgan fingerprint density at radius 1 is 1.17 bits per heavy atom. The summed E-state index contributed by atoms with van der Waals surface area (Å²) >= 11 is 1.07. The van der Waals surface area contributed by atoms with Gasteiger partial charge in [-0.3, -0.25) is 14.3 Å². The van der Waals surface area contributed by atoms with Crippen molar-refractivity contribution in [2.45, 2.75) is 26.0 Å². The minimum Gasteiger partial charge on any atom is -0.478 e. The fraction of sp³-hybridized carbons (Fsp3) is 0.333. The lowest BCUT2D eigenvalue weighted by Gasteiger charge is -2.36. The second kappa shape index (κ2) is 10.4. The Hall–Kier alpha value is -4.50. The number of piperazine rings is 1. The Bertz CT molecular complexity index is 1860. The number of nitrogen functional groups attached to an aromatic ring is 1. The van der Waals surface area contributed by atoms with Crippen LogP contribution in [0.15, 0.2) is 45.8 Å². The molecule has 5 heterocycles. The topological polar surface area (TPSA) is 144 Å². The molecule has 0 spiro atoms. The number of furan rings is 1. The first-order valence-electron chi connectivity index (χ1n) is 13.1. The summed E-state index contributed by atoms with van der Waals surface area (Å²) in [7, 11) is 0. The van der Waals surface area contributed by atoms with E-state index in [0.717, 1.165) is 11.3 Å². The predicted molar refractivity (Wildman–Crippen MR) is 152 cm³/mol. The van der Waals surface area contributed by atoms with Crippen LogP contribution in [0.3, 0.4) is 0 Å². The third kappa shape index (κ3) is 4.94. The van der Waals surface area contributed by atoms with Gasteiger partial charge in [0.05, 0.1) is 17.5 Å². The molecule has 3 N–H and O–H groups in total. The summed E-state index contributed by atoms with van der Waals surface area (Å²) in [5.41, 5.74) is 6.35. The smallest absolute Gasteiger partial charge is 0.347 e. The van der Waals surface area contributed by atoms with E-state index in [4.69, 9.17) is 14.9 Å². The second-order valence-electron chi connectivity index (χ2n) is 10.4. The standard InChI is InChI=1S/C27H27F2N7O5S/c1-27(2,24(37)38)41-21-14-18(15(28)12-16(21)29)34-8-5-33(6-9-34)7-10-35-23-22(42-26(35)39)19-13-17(20-4-3-11-40-20)32-36(19)25(30)31-23/h3-4,11-14H,5-10H2,1-2H3,(H2,30,31)(H,37,38). The van der Waals surface area contributed by atoms with E-state index in [0.29, 0.717) is 72.7 Å². The van der Waals surface area contributed by atoms with E-state index in [-0.39, 0.29) is 22.3 Å². The first kappa shape index (κ1) is 27.7. The normalized spacial score (nSPS) is 14.7. The maximum absolute atomic E-state index is 14.7. The Kier molecular flexibility index (Phi) is 6.85. The van der Waals surface area contributed by atoms with Gasteiger partial charge in [0.25, 0.3) is 0 Å². The largest absolute Gasteiger partial charge is 0.478 e. The van der Waals surface area contributed by atoms with Crippen LogP contribution in [0.25, 0.3) is 27.3 Å². The van der Waals surface area contributed by atoms with Crippen molar-refractivity contribution in [2.24, 2.45) is 0 Å². The number of hydrogen-bond acceptors (Lipinski definition) is 10. The van der Waals surface area contributed by atoms with Crippen LogP contribution in [0.5, 0.6) is 5.75 Å². The Morgan fingerprint density at radius 3 is 2.62 bits per heavy atom. The molecule has 42 heavy (non-hydrogen) atoms. The SMILES string of the molecule is CC(C)(Oc1cc(N2CCN(CCn3c(=O)sc4c3nc(N)n3nc(-c5ccco5)cc43)CC2)c(F)cc1F)C(=O)O. The molecule has 1 aromatic carbocycles. The molecule has 0 radical (unpaired) electrons. The van der Waals surface area contributed by atoms with E-state index in [1.165, 1.54) is 24.4 Å². The highest BCUT2D eigenvalue weighted by atomic mass is 32.1. The first-order chi connectivity index (χ1) is 20.0.